The van der Waals surface area contributed by atoms with Gasteiger partial charge in [0.15, 0.2) is 5.79 Å². The molecule has 2 heteroatoms. The van der Waals surface area contributed by atoms with Crippen LogP contribution in [0, 0.1) is 5.92 Å². The van der Waals surface area contributed by atoms with E-state index in [4.69, 9.17) is 9.47 Å². The van der Waals surface area contributed by atoms with Gasteiger partial charge in [-0.2, -0.15) is 0 Å². The van der Waals surface area contributed by atoms with E-state index in [1.807, 2.05) is 0 Å². The van der Waals surface area contributed by atoms with E-state index >= 15 is 0 Å². The van der Waals surface area contributed by atoms with E-state index in [-0.39, 0.29) is 5.79 Å². The fraction of sp³-hybridized carbons (Fsp3) is 1.00. The van der Waals surface area contributed by atoms with Gasteiger partial charge in [-0.05, 0) is 12.3 Å². The molecule has 11 heavy (non-hydrogen) atoms. The van der Waals surface area contributed by atoms with Crippen molar-refractivity contribution < 1.29 is 9.47 Å². The second-order valence-electron chi connectivity index (χ2n) is 3.62. The highest BCUT2D eigenvalue weighted by atomic mass is 16.7. The molecule has 2 nitrogen and oxygen atoms in total. The number of rotatable bonds is 1. The lowest BCUT2D eigenvalue weighted by atomic mass is 10.1. The maximum atomic E-state index is 5.61. The summed E-state index contributed by atoms with van der Waals surface area (Å²) in [5, 5.41) is 0. The van der Waals surface area contributed by atoms with Crippen LogP contribution < -0.4 is 0 Å². The third kappa shape index (κ3) is 1.30. The molecular weight excluding hydrogens is 140 g/mol. The van der Waals surface area contributed by atoms with Crippen LogP contribution in [0.3, 0.4) is 0 Å². The molecule has 1 aliphatic heterocycles. The molecule has 64 valence electrons. The first kappa shape index (κ1) is 7.56. The number of hydrogen-bond donors (Lipinski definition) is 0. The molecule has 1 atom stereocenters. The van der Waals surface area contributed by atoms with Gasteiger partial charge in [0.05, 0.1) is 13.2 Å². The van der Waals surface area contributed by atoms with Crippen molar-refractivity contribution in [2.24, 2.45) is 5.92 Å². The van der Waals surface area contributed by atoms with Crippen LogP contribution in [-0.2, 0) is 9.47 Å². The second kappa shape index (κ2) is 2.76. The summed E-state index contributed by atoms with van der Waals surface area (Å²) in [6, 6.07) is 0. The highest BCUT2D eigenvalue weighted by Gasteiger charge is 2.43. The summed E-state index contributed by atoms with van der Waals surface area (Å²) in [4.78, 5) is 0. The molecule has 1 spiro atoms. The van der Waals surface area contributed by atoms with Gasteiger partial charge in [-0.3, -0.25) is 0 Å². The Bertz CT molecular complexity index is 138. The molecule has 2 rings (SSSR count). The van der Waals surface area contributed by atoms with Gasteiger partial charge in [0.2, 0.25) is 0 Å². The van der Waals surface area contributed by atoms with Crippen LogP contribution in [0.2, 0.25) is 0 Å². The molecule has 0 aromatic carbocycles. The Morgan fingerprint density at radius 1 is 1.36 bits per heavy atom. The summed E-state index contributed by atoms with van der Waals surface area (Å²) in [5.74, 6) is 0.703. The Balaban J connectivity index is 1.96. The third-order valence-electron chi connectivity index (χ3n) is 2.92. The van der Waals surface area contributed by atoms with Crippen LogP contribution in [0.25, 0.3) is 0 Å². The Morgan fingerprint density at radius 2 is 2.09 bits per heavy atom. The molecule has 0 bridgehead atoms. The summed E-state index contributed by atoms with van der Waals surface area (Å²) >= 11 is 0. The van der Waals surface area contributed by atoms with Gasteiger partial charge < -0.3 is 9.47 Å². The smallest absolute Gasteiger partial charge is 0.168 e. The average molecular weight is 156 g/mol. The topological polar surface area (TPSA) is 18.5 Å². The minimum atomic E-state index is -0.138. The molecule has 0 aromatic heterocycles. The van der Waals surface area contributed by atoms with E-state index in [1.165, 1.54) is 12.8 Å². The molecule has 2 fully saturated rings. The third-order valence-corrected chi connectivity index (χ3v) is 2.92. The highest BCUT2D eigenvalue weighted by molar-refractivity contribution is 4.85. The maximum Gasteiger partial charge on any atom is 0.168 e. The van der Waals surface area contributed by atoms with E-state index in [0.717, 1.165) is 32.0 Å². The molecule has 0 aromatic rings. The van der Waals surface area contributed by atoms with Gasteiger partial charge in [0.1, 0.15) is 0 Å². The molecular formula is C9H16O2. The van der Waals surface area contributed by atoms with E-state index < -0.39 is 0 Å². The molecule has 2 aliphatic rings. The van der Waals surface area contributed by atoms with Crippen molar-refractivity contribution in [3.8, 4) is 0 Å². The summed E-state index contributed by atoms with van der Waals surface area (Å²) in [5.41, 5.74) is 0. The van der Waals surface area contributed by atoms with Gasteiger partial charge in [-0.1, -0.05) is 13.3 Å². The Labute approximate surface area is 67.9 Å². The predicted molar refractivity (Wildman–Crippen MR) is 42.3 cm³/mol. The Kier molecular flexibility index (Phi) is 1.90. The highest BCUT2D eigenvalue weighted by Crippen LogP contribution is 2.41. The average Bonchev–Trinajstić information content (AvgIpc) is 2.62. The molecule has 0 amide bonds. The molecule has 0 N–H and O–H groups in total. The van der Waals surface area contributed by atoms with Crippen molar-refractivity contribution in [3.63, 3.8) is 0 Å². The number of ether oxygens (including phenoxy) is 2. The van der Waals surface area contributed by atoms with Crippen molar-refractivity contribution >= 4 is 0 Å². The Hall–Kier alpha value is -0.0800. The minimum Gasteiger partial charge on any atom is -0.348 e. The first-order valence-corrected chi connectivity index (χ1v) is 4.62. The van der Waals surface area contributed by atoms with Crippen molar-refractivity contribution in [2.45, 2.75) is 38.4 Å². The molecule has 0 unspecified atom stereocenters. The minimum absolute atomic E-state index is 0.138. The first-order valence-electron chi connectivity index (χ1n) is 4.62. The summed E-state index contributed by atoms with van der Waals surface area (Å²) in [6.07, 6.45) is 4.81. The van der Waals surface area contributed by atoms with Gasteiger partial charge in [-0.15, -0.1) is 0 Å². The van der Waals surface area contributed by atoms with Crippen molar-refractivity contribution in [3.05, 3.63) is 0 Å². The lowest BCUT2D eigenvalue weighted by Gasteiger charge is -2.21. The van der Waals surface area contributed by atoms with Crippen LogP contribution in [0.4, 0.5) is 0 Å². The normalized spacial score (nSPS) is 35.2. The molecule has 1 saturated carbocycles. The van der Waals surface area contributed by atoms with E-state index in [9.17, 15) is 0 Å². The molecule has 1 aliphatic carbocycles. The van der Waals surface area contributed by atoms with Crippen LogP contribution in [0.5, 0.6) is 0 Å². The van der Waals surface area contributed by atoms with Gasteiger partial charge >= 0.3 is 0 Å². The van der Waals surface area contributed by atoms with Crippen LogP contribution in [0.1, 0.15) is 32.6 Å². The van der Waals surface area contributed by atoms with E-state index in [2.05, 4.69) is 6.92 Å². The number of hydrogen-bond acceptors (Lipinski definition) is 2. The zero-order valence-corrected chi connectivity index (χ0v) is 7.14. The van der Waals surface area contributed by atoms with Crippen LogP contribution >= 0.6 is 0 Å². The van der Waals surface area contributed by atoms with Gasteiger partial charge in [0.25, 0.3) is 0 Å². The van der Waals surface area contributed by atoms with Crippen LogP contribution in [-0.4, -0.2) is 19.0 Å². The SMILES string of the molecule is CC[C@H]1CCC2(C1)OCCO2. The van der Waals surface area contributed by atoms with E-state index in [1.54, 1.807) is 0 Å². The fourth-order valence-electron chi connectivity index (χ4n) is 2.18. The van der Waals surface area contributed by atoms with E-state index in [0.29, 0.717) is 0 Å². The summed E-state index contributed by atoms with van der Waals surface area (Å²) in [7, 11) is 0. The van der Waals surface area contributed by atoms with Crippen molar-refractivity contribution in [1.29, 1.82) is 0 Å². The largest absolute Gasteiger partial charge is 0.348 e. The Morgan fingerprint density at radius 3 is 2.64 bits per heavy atom. The lowest BCUT2D eigenvalue weighted by Crippen LogP contribution is -2.25. The maximum absolute atomic E-state index is 5.61. The van der Waals surface area contributed by atoms with Crippen molar-refractivity contribution in [1.82, 2.24) is 0 Å². The van der Waals surface area contributed by atoms with Gasteiger partial charge in [-0.25, -0.2) is 0 Å². The zero-order valence-electron chi connectivity index (χ0n) is 7.14. The summed E-state index contributed by atoms with van der Waals surface area (Å²) < 4.78 is 11.2. The standard InChI is InChI=1S/C9H16O2/c1-2-8-3-4-9(7-8)10-5-6-11-9/h8H,2-7H2,1H3/t8-/m0/s1. The van der Waals surface area contributed by atoms with Crippen LogP contribution in [0.15, 0.2) is 0 Å². The van der Waals surface area contributed by atoms with Gasteiger partial charge in [0, 0.05) is 12.8 Å². The molecule has 1 saturated heterocycles. The predicted octanol–water partition coefficient (Wildman–Crippen LogP) is 1.94. The quantitative estimate of drug-likeness (QED) is 0.577. The second-order valence-corrected chi connectivity index (χ2v) is 3.62. The molecule has 0 radical (unpaired) electrons. The first-order chi connectivity index (χ1) is 5.35. The fourth-order valence-corrected chi connectivity index (χ4v) is 2.18. The zero-order chi connectivity index (χ0) is 7.73. The van der Waals surface area contributed by atoms with Crippen molar-refractivity contribution in [2.75, 3.05) is 13.2 Å². The summed E-state index contributed by atoms with van der Waals surface area (Å²) in [6.45, 7) is 3.85. The molecule has 1 heterocycles. The monoisotopic (exact) mass is 156 g/mol. The lowest BCUT2D eigenvalue weighted by molar-refractivity contribution is -0.152.